The maximum Gasteiger partial charge on any atom is 0.354 e. The van der Waals surface area contributed by atoms with Crippen LogP contribution in [0.3, 0.4) is 0 Å². The van der Waals surface area contributed by atoms with Gasteiger partial charge in [0.05, 0.1) is 11.3 Å². The first-order chi connectivity index (χ1) is 16.3. The Morgan fingerprint density at radius 1 is 1.09 bits per heavy atom. The van der Waals surface area contributed by atoms with Gasteiger partial charge in [-0.1, -0.05) is 50.2 Å². The maximum absolute atomic E-state index is 13.2. The first-order valence-corrected chi connectivity index (χ1v) is 11.5. The predicted molar refractivity (Wildman–Crippen MR) is 126 cm³/mol. The molecular weight excluding hydrogens is 434 g/mol. The second kappa shape index (κ2) is 9.29. The molecule has 0 bridgehead atoms. The molecule has 0 aliphatic carbocycles. The van der Waals surface area contributed by atoms with Gasteiger partial charge in [0.1, 0.15) is 0 Å². The van der Waals surface area contributed by atoms with Gasteiger partial charge in [-0.2, -0.15) is 0 Å². The summed E-state index contributed by atoms with van der Waals surface area (Å²) in [6.07, 6.45) is 0.858. The van der Waals surface area contributed by atoms with E-state index in [9.17, 15) is 19.2 Å². The van der Waals surface area contributed by atoms with E-state index >= 15 is 0 Å². The molecule has 2 aromatic carbocycles. The summed E-state index contributed by atoms with van der Waals surface area (Å²) in [5.74, 6) is -1.41. The number of carbonyl (C=O) groups excluding carboxylic acids is 4. The van der Waals surface area contributed by atoms with Crippen LogP contribution in [0, 0.1) is 0 Å². The number of fused-ring (bicyclic) bond motifs is 3. The van der Waals surface area contributed by atoms with E-state index in [-0.39, 0.29) is 24.7 Å². The zero-order valence-corrected chi connectivity index (χ0v) is 19.7. The van der Waals surface area contributed by atoms with E-state index in [0.717, 1.165) is 5.56 Å². The first kappa shape index (κ1) is 23.5. The molecule has 34 heavy (non-hydrogen) atoms. The van der Waals surface area contributed by atoms with Crippen LogP contribution in [0.2, 0.25) is 0 Å². The molecule has 0 radical (unpaired) electrons. The van der Waals surface area contributed by atoms with Crippen LogP contribution in [0.1, 0.15) is 54.1 Å². The lowest BCUT2D eigenvalue weighted by molar-refractivity contribution is -0.159. The smallest absolute Gasteiger partial charge is 0.354 e. The molecule has 0 aromatic heterocycles. The third-order valence-electron chi connectivity index (χ3n) is 6.59. The summed E-state index contributed by atoms with van der Waals surface area (Å²) in [6.45, 7) is 4.19. The number of likely N-dealkylation sites (N-methyl/N-ethyl adjacent to an activating group) is 1. The zero-order valence-electron chi connectivity index (χ0n) is 19.7. The summed E-state index contributed by atoms with van der Waals surface area (Å²) in [5.41, 5.74) is 1.51. The van der Waals surface area contributed by atoms with E-state index < -0.39 is 24.1 Å². The fourth-order valence-corrected chi connectivity index (χ4v) is 4.60. The van der Waals surface area contributed by atoms with Crippen LogP contribution < -0.4 is 10.2 Å². The monoisotopic (exact) mass is 463 g/mol. The van der Waals surface area contributed by atoms with Crippen molar-refractivity contribution in [3.8, 4) is 0 Å². The molecule has 0 spiro atoms. The minimum Gasteiger partial charge on any atom is -0.452 e. The zero-order chi connectivity index (χ0) is 24.5. The molecule has 1 fully saturated rings. The predicted octanol–water partition coefficient (Wildman–Crippen LogP) is 2.62. The number of para-hydroxylation sites is 1. The number of rotatable bonds is 7. The number of hydrogen-bond acceptors (Lipinski definition) is 5. The van der Waals surface area contributed by atoms with E-state index in [1.807, 2.05) is 12.1 Å². The number of carbonyl (C=O) groups is 4. The summed E-state index contributed by atoms with van der Waals surface area (Å²) in [5, 5.41) is 2.75. The fourth-order valence-electron chi connectivity index (χ4n) is 4.60. The van der Waals surface area contributed by atoms with Crippen LogP contribution in [-0.4, -0.2) is 54.5 Å². The highest BCUT2D eigenvalue weighted by Crippen LogP contribution is 2.44. The Hall–Kier alpha value is -3.68. The van der Waals surface area contributed by atoms with Gasteiger partial charge in [-0.25, -0.2) is 4.79 Å². The highest BCUT2D eigenvalue weighted by atomic mass is 16.5. The van der Waals surface area contributed by atoms with Crippen molar-refractivity contribution in [2.45, 2.75) is 44.7 Å². The van der Waals surface area contributed by atoms with Gasteiger partial charge < -0.3 is 15.0 Å². The van der Waals surface area contributed by atoms with Crippen molar-refractivity contribution >= 4 is 29.4 Å². The topological polar surface area (TPSA) is 96.0 Å². The van der Waals surface area contributed by atoms with E-state index in [0.29, 0.717) is 30.1 Å². The average molecular weight is 464 g/mol. The molecule has 2 heterocycles. The highest BCUT2D eigenvalue weighted by molar-refractivity contribution is 6.15. The fraction of sp³-hybridized carbons (Fsp3) is 0.385. The number of amides is 3. The number of nitrogens with one attached hydrogen (secondary N) is 1. The molecule has 0 saturated carbocycles. The highest BCUT2D eigenvalue weighted by Gasteiger charge is 2.60. The molecule has 1 unspecified atom stereocenters. The maximum atomic E-state index is 13.2. The van der Waals surface area contributed by atoms with E-state index in [1.54, 1.807) is 24.3 Å². The Bertz CT molecular complexity index is 1130. The van der Waals surface area contributed by atoms with Gasteiger partial charge >= 0.3 is 5.97 Å². The lowest BCUT2D eigenvalue weighted by Crippen LogP contribution is -2.67. The summed E-state index contributed by atoms with van der Waals surface area (Å²) in [4.78, 5) is 53.8. The minimum atomic E-state index is -1.58. The Morgan fingerprint density at radius 3 is 2.50 bits per heavy atom. The molecule has 1 atom stereocenters. The second-order valence-electron chi connectivity index (χ2n) is 9.00. The normalized spacial score (nSPS) is 19.2. The van der Waals surface area contributed by atoms with Crippen molar-refractivity contribution in [1.29, 1.82) is 0 Å². The van der Waals surface area contributed by atoms with Gasteiger partial charge in [-0.15, -0.1) is 0 Å². The van der Waals surface area contributed by atoms with E-state index in [1.165, 1.54) is 22.4 Å². The molecule has 2 aromatic rings. The van der Waals surface area contributed by atoms with Crippen LogP contribution in [0.5, 0.6) is 0 Å². The quantitative estimate of drug-likeness (QED) is 0.637. The number of benzene rings is 2. The third-order valence-corrected chi connectivity index (χ3v) is 6.59. The molecule has 2 aliphatic heterocycles. The van der Waals surface area contributed by atoms with Crippen molar-refractivity contribution in [1.82, 2.24) is 10.2 Å². The molecule has 3 amide bonds. The van der Waals surface area contributed by atoms with Gasteiger partial charge in [0.15, 0.2) is 6.61 Å². The van der Waals surface area contributed by atoms with Gasteiger partial charge in [0.25, 0.3) is 11.8 Å². The largest absolute Gasteiger partial charge is 0.452 e. The van der Waals surface area contributed by atoms with Crippen molar-refractivity contribution in [2.24, 2.45) is 0 Å². The standard InChI is InChI=1S/C26H29N3O5/c1-17(2)19-10-8-18(9-11-19)13-15-27-22(30)16-34-25(33)26-14-12-23(31)29(26)21-7-5-4-6-20(21)24(32)28(26)3/h4-11,17H,12-16H2,1-3H3,(H,27,30). The molecular formula is C26H29N3O5. The van der Waals surface area contributed by atoms with Crippen molar-refractivity contribution < 1.29 is 23.9 Å². The Labute approximate surface area is 198 Å². The summed E-state index contributed by atoms with van der Waals surface area (Å²) in [6, 6.07) is 14.9. The number of nitrogens with zero attached hydrogens (tertiary/aromatic N) is 2. The molecule has 1 N–H and O–H groups in total. The van der Waals surface area contributed by atoms with Gasteiger partial charge in [0, 0.05) is 26.4 Å². The van der Waals surface area contributed by atoms with Gasteiger partial charge in [0.2, 0.25) is 11.6 Å². The minimum absolute atomic E-state index is 0.100. The molecule has 8 heteroatoms. The Morgan fingerprint density at radius 2 is 1.79 bits per heavy atom. The molecule has 8 nitrogen and oxygen atoms in total. The Kier molecular flexibility index (Phi) is 6.41. The number of esters is 1. The molecule has 4 rings (SSSR count). The lowest BCUT2D eigenvalue weighted by Gasteiger charge is -2.46. The van der Waals surface area contributed by atoms with Crippen molar-refractivity contribution in [3.05, 3.63) is 65.2 Å². The van der Waals surface area contributed by atoms with Crippen LogP contribution in [-0.2, 0) is 25.5 Å². The second-order valence-corrected chi connectivity index (χ2v) is 9.00. The Balaban J connectivity index is 1.38. The summed E-state index contributed by atoms with van der Waals surface area (Å²) in [7, 11) is 1.48. The van der Waals surface area contributed by atoms with Crippen LogP contribution in [0.25, 0.3) is 0 Å². The van der Waals surface area contributed by atoms with Crippen LogP contribution in [0.15, 0.2) is 48.5 Å². The average Bonchev–Trinajstić information content (AvgIpc) is 3.19. The lowest BCUT2D eigenvalue weighted by atomic mass is 9.97. The van der Waals surface area contributed by atoms with Gasteiger partial charge in [-0.3, -0.25) is 19.3 Å². The molecule has 1 saturated heterocycles. The number of ether oxygens (including phenoxy) is 1. The SMILES string of the molecule is CC(C)c1ccc(CCNC(=O)COC(=O)C23CCC(=O)N2c2ccccc2C(=O)N3C)cc1. The number of hydrogen-bond donors (Lipinski definition) is 1. The van der Waals surface area contributed by atoms with E-state index in [4.69, 9.17) is 4.74 Å². The summed E-state index contributed by atoms with van der Waals surface area (Å²) < 4.78 is 5.34. The summed E-state index contributed by atoms with van der Waals surface area (Å²) >= 11 is 0. The van der Waals surface area contributed by atoms with Crippen LogP contribution in [0.4, 0.5) is 5.69 Å². The van der Waals surface area contributed by atoms with Crippen LogP contribution >= 0.6 is 0 Å². The van der Waals surface area contributed by atoms with Crippen molar-refractivity contribution in [3.63, 3.8) is 0 Å². The third kappa shape index (κ3) is 4.04. The first-order valence-electron chi connectivity index (χ1n) is 11.5. The molecule has 2 aliphatic rings. The van der Waals surface area contributed by atoms with Crippen molar-refractivity contribution in [2.75, 3.05) is 25.1 Å². The van der Waals surface area contributed by atoms with Gasteiger partial charge in [-0.05, 0) is 35.6 Å². The molecule has 178 valence electrons. The van der Waals surface area contributed by atoms with E-state index in [2.05, 4.69) is 31.3 Å². The number of anilines is 1.